The van der Waals surface area contributed by atoms with Crippen molar-refractivity contribution in [2.45, 2.75) is 15.7 Å². The lowest BCUT2D eigenvalue weighted by Gasteiger charge is -2.06. The molecule has 0 amide bonds. The van der Waals surface area contributed by atoms with Gasteiger partial charge in [0.15, 0.2) is 0 Å². The van der Waals surface area contributed by atoms with E-state index in [0.717, 1.165) is 0 Å². The quantitative estimate of drug-likeness (QED) is 0.515. The summed E-state index contributed by atoms with van der Waals surface area (Å²) in [4.78, 5) is 0.228. The van der Waals surface area contributed by atoms with Crippen molar-refractivity contribution >= 4 is 44.0 Å². The van der Waals surface area contributed by atoms with Crippen molar-refractivity contribution in [2.75, 3.05) is 0 Å². The number of thiol groups is 1. The maximum absolute atomic E-state index is 11.1. The van der Waals surface area contributed by atoms with E-state index in [1.165, 1.54) is 12.1 Å². The summed E-state index contributed by atoms with van der Waals surface area (Å²) in [6.45, 7) is 0. The molecule has 0 saturated heterocycles. The Morgan fingerprint density at radius 3 is 2.47 bits per heavy atom. The van der Waals surface area contributed by atoms with E-state index in [0.29, 0.717) is 10.5 Å². The van der Waals surface area contributed by atoms with E-state index in [9.17, 15) is 8.42 Å². The van der Waals surface area contributed by atoms with Crippen molar-refractivity contribution in [2.24, 2.45) is 0 Å². The fourth-order valence-corrected chi connectivity index (χ4v) is 2.74. The van der Waals surface area contributed by atoms with Gasteiger partial charge >= 0.3 is 0 Å². The van der Waals surface area contributed by atoms with Crippen LogP contribution in [0.4, 0.5) is 0 Å². The largest absolute Gasteiger partial charge is 0.262 e. The van der Waals surface area contributed by atoms with E-state index >= 15 is 0 Å². The molecule has 1 aromatic rings. The van der Waals surface area contributed by atoms with Crippen LogP contribution < -0.4 is 0 Å². The Kier molecular flexibility index (Phi) is 3.90. The van der Waals surface area contributed by atoms with Crippen LogP contribution in [0.2, 0.25) is 0 Å². The molecule has 0 bridgehead atoms. The Labute approximate surface area is 102 Å². The van der Waals surface area contributed by atoms with Gasteiger partial charge in [-0.15, -0.1) is 24.2 Å². The number of hydrogen-bond donors (Lipinski definition) is 1. The minimum Gasteiger partial charge on any atom is -0.207 e. The minimum atomic E-state index is -3.94. The molecule has 80 valence electrons. The molecule has 0 aliphatic rings. The van der Waals surface area contributed by atoms with Gasteiger partial charge in [0.1, 0.15) is 11.0 Å². The van der Waals surface area contributed by atoms with Gasteiger partial charge in [-0.3, -0.25) is 0 Å². The normalized spacial score (nSPS) is 11.1. The Bertz CT molecular complexity index is 534. The van der Waals surface area contributed by atoms with Crippen LogP contribution in [0.1, 0.15) is 11.1 Å². The highest BCUT2D eigenvalue weighted by Gasteiger charge is 2.19. The van der Waals surface area contributed by atoms with Crippen molar-refractivity contribution in [3.05, 3.63) is 23.3 Å². The highest BCUT2D eigenvalue weighted by molar-refractivity contribution is 8.13. The van der Waals surface area contributed by atoms with E-state index in [4.69, 9.17) is 27.5 Å². The number of rotatable bonds is 2. The van der Waals surface area contributed by atoms with Crippen molar-refractivity contribution in [1.82, 2.24) is 0 Å². The topological polar surface area (TPSA) is 57.9 Å². The molecule has 0 aliphatic heterocycles. The second-order valence-electron chi connectivity index (χ2n) is 2.62. The maximum Gasteiger partial charge on any atom is 0.262 e. The molecule has 0 radical (unpaired) electrons. The lowest BCUT2D eigenvalue weighted by atomic mass is 10.1. The highest BCUT2D eigenvalue weighted by atomic mass is 35.7. The first-order valence-corrected chi connectivity index (χ1v) is 6.96. The smallest absolute Gasteiger partial charge is 0.207 e. The number of halogens is 2. The van der Waals surface area contributed by atoms with Crippen LogP contribution in [0.3, 0.4) is 0 Å². The zero-order valence-electron chi connectivity index (χ0n) is 7.24. The SMILES string of the molecule is N#Cc1c(S(=O)(=O)Cl)ccc(S)c1CCl. The monoisotopic (exact) mass is 281 g/mol. The Morgan fingerprint density at radius 2 is 2.07 bits per heavy atom. The molecule has 0 N–H and O–H groups in total. The van der Waals surface area contributed by atoms with Gasteiger partial charge in [0, 0.05) is 21.5 Å². The molecule has 0 unspecified atom stereocenters. The van der Waals surface area contributed by atoms with E-state index < -0.39 is 9.05 Å². The summed E-state index contributed by atoms with van der Waals surface area (Å²) in [6.07, 6.45) is 0. The van der Waals surface area contributed by atoms with Gasteiger partial charge < -0.3 is 0 Å². The first-order chi connectivity index (χ1) is 6.91. The third-order valence-electron chi connectivity index (χ3n) is 1.76. The predicted molar refractivity (Wildman–Crippen MR) is 61.0 cm³/mol. The third kappa shape index (κ3) is 2.58. The van der Waals surface area contributed by atoms with Crippen molar-refractivity contribution < 1.29 is 8.42 Å². The zero-order chi connectivity index (χ0) is 11.6. The summed E-state index contributed by atoms with van der Waals surface area (Å²) in [5, 5.41) is 8.85. The second kappa shape index (κ2) is 4.62. The number of alkyl halides is 1. The van der Waals surface area contributed by atoms with E-state index in [1.807, 2.05) is 0 Å². The molecule has 0 saturated carbocycles. The van der Waals surface area contributed by atoms with Crippen LogP contribution in [0.25, 0.3) is 0 Å². The number of benzene rings is 1. The summed E-state index contributed by atoms with van der Waals surface area (Å²) < 4.78 is 22.3. The average molecular weight is 282 g/mol. The van der Waals surface area contributed by atoms with Crippen LogP contribution in [-0.2, 0) is 14.9 Å². The molecule has 1 rings (SSSR count). The predicted octanol–water partition coefficient (Wildman–Crippen LogP) is 2.51. The van der Waals surface area contributed by atoms with Gasteiger partial charge in [-0.05, 0) is 17.7 Å². The van der Waals surface area contributed by atoms with Crippen molar-refractivity contribution in [3.63, 3.8) is 0 Å². The van der Waals surface area contributed by atoms with Crippen LogP contribution >= 0.6 is 34.9 Å². The van der Waals surface area contributed by atoms with Crippen LogP contribution in [0.15, 0.2) is 21.9 Å². The zero-order valence-corrected chi connectivity index (χ0v) is 10.5. The molecule has 7 heteroatoms. The molecule has 0 atom stereocenters. The van der Waals surface area contributed by atoms with Gasteiger partial charge in [0.2, 0.25) is 0 Å². The molecule has 1 aromatic carbocycles. The molecule has 0 fully saturated rings. The first-order valence-electron chi connectivity index (χ1n) is 3.67. The lowest BCUT2D eigenvalue weighted by molar-refractivity contribution is 0.609. The average Bonchev–Trinajstić information content (AvgIpc) is 2.15. The molecular formula is C8H5Cl2NO2S2. The van der Waals surface area contributed by atoms with Gasteiger partial charge in [-0.2, -0.15) is 5.26 Å². The second-order valence-corrected chi connectivity index (χ2v) is 5.90. The van der Waals surface area contributed by atoms with Crippen LogP contribution in [0, 0.1) is 11.3 Å². The molecule has 3 nitrogen and oxygen atoms in total. The summed E-state index contributed by atoms with van der Waals surface area (Å²) >= 11 is 9.67. The first kappa shape index (κ1) is 12.7. The minimum absolute atomic E-state index is 0.00196. The van der Waals surface area contributed by atoms with Gasteiger partial charge in [-0.1, -0.05) is 0 Å². The molecule has 0 aliphatic carbocycles. The summed E-state index contributed by atoms with van der Waals surface area (Å²) in [7, 11) is 1.24. The standard InChI is InChI=1S/C8H5Cl2NO2S2/c9-3-5-6(4-11)8(15(10,12)13)2-1-7(5)14/h1-2,14H,3H2. The van der Waals surface area contributed by atoms with Gasteiger partial charge in [0.05, 0.1) is 5.56 Å². The van der Waals surface area contributed by atoms with E-state index in [-0.39, 0.29) is 16.3 Å². The van der Waals surface area contributed by atoms with Crippen molar-refractivity contribution in [1.29, 1.82) is 5.26 Å². The third-order valence-corrected chi connectivity index (χ3v) is 3.81. The Balaban J connectivity index is 3.66. The molecule has 0 aromatic heterocycles. The summed E-state index contributed by atoms with van der Waals surface area (Å²) in [6, 6.07) is 4.44. The van der Waals surface area contributed by atoms with Crippen LogP contribution in [-0.4, -0.2) is 8.42 Å². The summed E-state index contributed by atoms with van der Waals surface area (Å²) in [5.74, 6) is 0.00196. The lowest BCUT2D eigenvalue weighted by Crippen LogP contribution is -1.99. The Hall–Kier alpha value is -0.410. The molecular weight excluding hydrogens is 277 g/mol. The van der Waals surface area contributed by atoms with Crippen molar-refractivity contribution in [3.8, 4) is 6.07 Å². The van der Waals surface area contributed by atoms with E-state index in [2.05, 4.69) is 12.6 Å². The fourth-order valence-electron chi connectivity index (χ4n) is 1.08. The Morgan fingerprint density at radius 1 is 1.47 bits per heavy atom. The molecule has 0 spiro atoms. The number of nitriles is 1. The summed E-state index contributed by atoms with van der Waals surface area (Å²) in [5.41, 5.74) is 0.316. The number of hydrogen-bond acceptors (Lipinski definition) is 4. The fraction of sp³-hybridized carbons (Fsp3) is 0.125. The van der Waals surface area contributed by atoms with Gasteiger partial charge in [0.25, 0.3) is 9.05 Å². The molecule has 0 heterocycles. The van der Waals surface area contributed by atoms with Gasteiger partial charge in [-0.25, -0.2) is 8.42 Å². The highest BCUT2D eigenvalue weighted by Crippen LogP contribution is 2.28. The number of nitrogens with zero attached hydrogens (tertiary/aromatic N) is 1. The molecule has 15 heavy (non-hydrogen) atoms. The van der Waals surface area contributed by atoms with Crippen LogP contribution in [0.5, 0.6) is 0 Å². The van der Waals surface area contributed by atoms with E-state index in [1.54, 1.807) is 6.07 Å². The maximum atomic E-state index is 11.1.